The molecule has 3 nitrogen and oxygen atoms in total. The van der Waals surface area contributed by atoms with Gasteiger partial charge >= 0.3 is 0 Å². The van der Waals surface area contributed by atoms with E-state index in [1.165, 1.54) is 12.2 Å². The van der Waals surface area contributed by atoms with Crippen LogP contribution in [0.3, 0.4) is 0 Å². The Balaban J connectivity index is 3.97. The lowest BCUT2D eigenvalue weighted by Gasteiger charge is -2.16. The Labute approximate surface area is 73.6 Å². The number of carbonyl (C=O) groups is 1. The highest BCUT2D eigenvalue weighted by Gasteiger charge is 2.15. The van der Waals surface area contributed by atoms with E-state index in [0.717, 1.165) is 0 Å². The van der Waals surface area contributed by atoms with E-state index in [9.17, 15) is 4.79 Å². The van der Waals surface area contributed by atoms with E-state index in [0.29, 0.717) is 6.42 Å². The normalized spacial score (nSPS) is 11.3. The van der Waals surface area contributed by atoms with Gasteiger partial charge in [0.2, 0.25) is 5.91 Å². The van der Waals surface area contributed by atoms with Gasteiger partial charge in [-0.05, 0) is 6.92 Å². The van der Waals surface area contributed by atoms with Crippen LogP contribution >= 0.6 is 0 Å². The molecule has 0 heterocycles. The van der Waals surface area contributed by atoms with Gasteiger partial charge in [-0.1, -0.05) is 6.92 Å². The molecule has 0 aromatic rings. The standard InChI is InChI=1S/C9H15NO2/c1-5-6-7-8(2)9(11)10(3)12-4/h8H,7H2,1-4H3/t8-/m0/s1. The fraction of sp³-hybridized carbons (Fsp3) is 0.667. The molecule has 1 amide bonds. The largest absolute Gasteiger partial charge is 0.275 e. The van der Waals surface area contributed by atoms with Crippen molar-refractivity contribution in [2.45, 2.75) is 20.3 Å². The molecule has 0 saturated carbocycles. The topological polar surface area (TPSA) is 29.5 Å². The first-order chi connectivity index (χ1) is 5.63. The first kappa shape index (κ1) is 11.0. The first-order valence-corrected chi connectivity index (χ1v) is 3.84. The van der Waals surface area contributed by atoms with Gasteiger partial charge in [0, 0.05) is 19.4 Å². The summed E-state index contributed by atoms with van der Waals surface area (Å²) in [6.45, 7) is 3.60. The van der Waals surface area contributed by atoms with Crippen LogP contribution in [0.2, 0.25) is 0 Å². The van der Waals surface area contributed by atoms with Crippen molar-refractivity contribution in [1.82, 2.24) is 5.06 Å². The smallest absolute Gasteiger partial charge is 0.249 e. The predicted molar refractivity (Wildman–Crippen MR) is 47.0 cm³/mol. The van der Waals surface area contributed by atoms with Gasteiger partial charge in [0.15, 0.2) is 0 Å². The van der Waals surface area contributed by atoms with Crippen LogP contribution in [-0.2, 0) is 9.63 Å². The molecular weight excluding hydrogens is 154 g/mol. The van der Waals surface area contributed by atoms with Gasteiger partial charge in [0.05, 0.1) is 7.11 Å². The van der Waals surface area contributed by atoms with Gasteiger partial charge in [-0.25, -0.2) is 5.06 Å². The third kappa shape index (κ3) is 3.40. The fourth-order valence-electron chi connectivity index (χ4n) is 0.743. The summed E-state index contributed by atoms with van der Waals surface area (Å²) in [4.78, 5) is 16.1. The molecule has 0 aromatic heterocycles. The van der Waals surface area contributed by atoms with Gasteiger partial charge in [0.1, 0.15) is 0 Å². The van der Waals surface area contributed by atoms with Crippen LogP contribution in [0, 0.1) is 17.8 Å². The quantitative estimate of drug-likeness (QED) is 0.467. The van der Waals surface area contributed by atoms with Crippen LogP contribution in [0.1, 0.15) is 20.3 Å². The second-order valence-electron chi connectivity index (χ2n) is 2.55. The Bertz CT molecular complexity index is 202. The van der Waals surface area contributed by atoms with Crippen molar-refractivity contribution in [3.05, 3.63) is 0 Å². The zero-order chi connectivity index (χ0) is 9.56. The Kier molecular flexibility index (Phi) is 5.14. The second-order valence-corrected chi connectivity index (χ2v) is 2.55. The average Bonchev–Trinajstić information content (AvgIpc) is 2.11. The van der Waals surface area contributed by atoms with E-state index in [2.05, 4.69) is 11.8 Å². The third-order valence-corrected chi connectivity index (χ3v) is 1.59. The van der Waals surface area contributed by atoms with Crippen LogP contribution in [0.5, 0.6) is 0 Å². The van der Waals surface area contributed by atoms with Crippen molar-refractivity contribution >= 4 is 5.91 Å². The molecule has 3 heteroatoms. The number of hydrogen-bond donors (Lipinski definition) is 0. The summed E-state index contributed by atoms with van der Waals surface area (Å²) in [7, 11) is 3.06. The van der Waals surface area contributed by atoms with Crippen LogP contribution in [0.25, 0.3) is 0 Å². The Morgan fingerprint density at radius 1 is 1.67 bits per heavy atom. The molecule has 0 unspecified atom stereocenters. The number of rotatable bonds is 3. The van der Waals surface area contributed by atoms with Crippen molar-refractivity contribution in [3.8, 4) is 11.8 Å². The second kappa shape index (κ2) is 5.62. The molecule has 0 radical (unpaired) electrons. The van der Waals surface area contributed by atoms with Crippen LogP contribution in [-0.4, -0.2) is 25.1 Å². The van der Waals surface area contributed by atoms with Gasteiger partial charge < -0.3 is 0 Å². The lowest BCUT2D eigenvalue weighted by Crippen LogP contribution is -2.30. The molecule has 0 bridgehead atoms. The summed E-state index contributed by atoms with van der Waals surface area (Å²) in [5.41, 5.74) is 0. The average molecular weight is 169 g/mol. The maximum atomic E-state index is 11.3. The Morgan fingerprint density at radius 3 is 2.67 bits per heavy atom. The first-order valence-electron chi connectivity index (χ1n) is 3.84. The molecule has 0 fully saturated rings. The molecule has 0 N–H and O–H groups in total. The molecule has 0 spiro atoms. The summed E-state index contributed by atoms with van der Waals surface area (Å²) in [5, 5.41) is 1.22. The number of carbonyl (C=O) groups excluding carboxylic acids is 1. The van der Waals surface area contributed by atoms with E-state index in [4.69, 9.17) is 4.84 Å². The van der Waals surface area contributed by atoms with E-state index in [1.807, 2.05) is 6.92 Å². The zero-order valence-electron chi connectivity index (χ0n) is 8.05. The SMILES string of the molecule is CC#CC[C@H](C)C(=O)N(C)OC. The van der Waals surface area contributed by atoms with E-state index < -0.39 is 0 Å². The van der Waals surface area contributed by atoms with Crippen molar-refractivity contribution in [2.75, 3.05) is 14.2 Å². The third-order valence-electron chi connectivity index (χ3n) is 1.59. The highest BCUT2D eigenvalue weighted by atomic mass is 16.7. The Morgan fingerprint density at radius 2 is 2.25 bits per heavy atom. The minimum atomic E-state index is -0.0950. The number of amides is 1. The van der Waals surface area contributed by atoms with Gasteiger partial charge in [0.25, 0.3) is 0 Å². The summed E-state index contributed by atoms with van der Waals surface area (Å²) >= 11 is 0. The van der Waals surface area contributed by atoms with Gasteiger partial charge in [-0.15, -0.1) is 11.8 Å². The molecule has 0 aliphatic rings. The van der Waals surface area contributed by atoms with Crippen LogP contribution in [0.15, 0.2) is 0 Å². The predicted octanol–water partition coefficient (Wildman–Crippen LogP) is 1.06. The highest BCUT2D eigenvalue weighted by Crippen LogP contribution is 2.04. The molecular formula is C9H15NO2. The summed E-state index contributed by atoms with van der Waals surface area (Å²) < 4.78 is 0. The van der Waals surface area contributed by atoms with Gasteiger partial charge in [-0.3, -0.25) is 9.63 Å². The summed E-state index contributed by atoms with van der Waals surface area (Å²) in [6, 6.07) is 0. The zero-order valence-corrected chi connectivity index (χ0v) is 8.05. The molecule has 12 heavy (non-hydrogen) atoms. The molecule has 1 atom stereocenters. The number of hydroxylamine groups is 2. The van der Waals surface area contributed by atoms with Crippen molar-refractivity contribution in [1.29, 1.82) is 0 Å². The minimum absolute atomic E-state index is 0.0414. The van der Waals surface area contributed by atoms with E-state index in [-0.39, 0.29) is 11.8 Å². The summed E-state index contributed by atoms with van der Waals surface area (Å²) in [5.74, 6) is 5.47. The number of nitrogens with zero attached hydrogens (tertiary/aromatic N) is 1. The Hall–Kier alpha value is -1.01. The van der Waals surface area contributed by atoms with Crippen molar-refractivity contribution in [2.24, 2.45) is 5.92 Å². The maximum absolute atomic E-state index is 11.3. The molecule has 68 valence electrons. The van der Waals surface area contributed by atoms with E-state index >= 15 is 0 Å². The van der Waals surface area contributed by atoms with Crippen molar-refractivity contribution < 1.29 is 9.63 Å². The van der Waals surface area contributed by atoms with Gasteiger partial charge in [-0.2, -0.15) is 0 Å². The fourth-order valence-corrected chi connectivity index (χ4v) is 0.743. The number of hydrogen-bond acceptors (Lipinski definition) is 2. The highest BCUT2D eigenvalue weighted by molar-refractivity contribution is 5.77. The lowest BCUT2D eigenvalue weighted by atomic mass is 10.1. The molecule has 0 saturated heterocycles. The maximum Gasteiger partial charge on any atom is 0.249 e. The lowest BCUT2D eigenvalue weighted by molar-refractivity contribution is -0.172. The molecule has 0 aliphatic carbocycles. The van der Waals surface area contributed by atoms with Crippen molar-refractivity contribution in [3.63, 3.8) is 0 Å². The summed E-state index contributed by atoms with van der Waals surface area (Å²) in [6.07, 6.45) is 0.586. The van der Waals surface area contributed by atoms with Crippen LogP contribution in [0.4, 0.5) is 0 Å². The van der Waals surface area contributed by atoms with E-state index in [1.54, 1.807) is 14.0 Å². The van der Waals surface area contributed by atoms with Crippen LogP contribution < -0.4 is 0 Å². The molecule has 0 aliphatic heterocycles. The molecule has 0 aromatic carbocycles. The monoisotopic (exact) mass is 169 g/mol. The molecule has 0 rings (SSSR count). The minimum Gasteiger partial charge on any atom is -0.275 e.